The number of amidine groups is 1. The van der Waals surface area contributed by atoms with Crippen LogP contribution in [0.25, 0.3) is 0 Å². The molecule has 4 heterocycles. The maximum Gasteiger partial charge on any atom is 0.320 e. The third-order valence-corrected chi connectivity index (χ3v) is 9.34. The first-order valence-electron chi connectivity index (χ1n) is 16.4. The number of rotatable bonds is 6. The molecule has 2 N–H and O–H groups in total. The molecule has 2 aromatic rings. The molecular weight excluding hydrogens is 617 g/mol. The number of hydrogen-bond acceptors (Lipinski definition) is 8. The molecule has 48 heavy (non-hydrogen) atoms. The predicted octanol–water partition coefficient (Wildman–Crippen LogP) is 2.60. The third kappa shape index (κ3) is 7.59. The van der Waals surface area contributed by atoms with Crippen LogP contribution in [-0.2, 0) is 4.74 Å². The predicted molar refractivity (Wildman–Crippen MR) is 182 cm³/mol. The molecule has 254 valence electrons. The summed E-state index contributed by atoms with van der Waals surface area (Å²) in [6, 6.07) is 15.4. The number of guanidine groups is 1. The fraction of sp³-hybridized carbons (Fsp3) is 0.500. The van der Waals surface area contributed by atoms with Gasteiger partial charge in [0.25, 0.3) is 0 Å². The monoisotopic (exact) mass is 659 g/mol. The highest BCUT2D eigenvalue weighted by Crippen LogP contribution is 2.27. The molecule has 2 aromatic carbocycles. The Labute approximate surface area is 280 Å². The Morgan fingerprint density at radius 1 is 1.06 bits per heavy atom. The minimum absolute atomic E-state index is 0.115. The van der Waals surface area contributed by atoms with Gasteiger partial charge in [0.15, 0.2) is 12.0 Å². The summed E-state index contributed by atoms with van der Waals surface area (Å²) in [6.07, 6.45) is -1.99. The molecule has 0 aliphatic carbocycles. The lowest BCUT2D eigenvalue weighted by molar-refractivity contribution is -0.0660. The number of aliphatic hydroxyl groups excluding tert-OH is 1. The SMILES string of the molecule is C=NC(=NC(=NC)Nc1ccc(N2CCN(C3COC3)CC2)cc1)c1ccc(O[C@H]2CCN(C(=O)N3CC[C@H](O)C3)C[C@H]2F)c(C#N)c1. The molecule has 3 atom stereocenters. The highest BCUT2D eigenvalue weighted by molar-refractivity contribution is 6.10. The van der Waals surface area contributed by atoms with Gasteiger partial charge in [-0.25, -0.2) is 14.2 Å². The highest BCUT2D eigenvalue weighted by Gasteiger charge is 2.37. The quantitative estimate of drug-likeness (QED) is 0.356. The van der Waals surface area contributed by atoms with Gasteiger partial charge in [0, 0.05) is 76.2 Å². The molecule has 4 saturated heterocycles. The van der Waals surface area contributed by atoms with Crippen LogP contribution in [0.5, 0.6) is 5.75 Å². The number of alkyl halides is 1. The summed E-state index contributed by atoms with van der Waals surface area (Å²) in [5, 5.41) is 22.9. The number of anilines is 2. The topological polar surface area (TPSA) is 142 Å². The zero-order chi connectivity index (χ0) is 33.6. The Hall–Kier alpha value is -4.58. The first kappa shape index (κ1) is 33.3. The normalized spacial score (nSPS) is 24.2. The van der Waals surface area contributed by atoms with Gasteiger partial charge in [-0.15, -0.1) is 0 Å². The van der Waals surface area contributed by atoms with Gasteiger partial charge in [-0.3, -0.25) is 9.89 Å². The second-order valence-electron chi connectivity index (χ2n) is 12.4. The summed E-state index contributed by atoms with van der Waals surface area (Å²) in [7, 11) is 1.62. The van der Waals surface area contributed by atoms with Crippen molar-refractivity contribution in [2.24, 2.45) is 15.0 Å². The Bertz CT molecular complexity index is 1570. The lowest BCUT2D eigenvalue weighted by atomic mass is 10.1. The summed E-state index contributed by atoms with van der Waals surface area (Å²) in [6.45, 7) is 10.3. The van der Waals surface area contributed by atoms with Crippen LogP contribution in [0.4, 0.5) is 20.6 Å². The number of amides is 2. The Kier molecular flexibility index (Phi) is 10.5. The van der Waals surface area contributed by atoms with Crippen LogP contribution < -0.4 is 15.0 Å². The molecule has 0 radical (unpaired) electrons. The number of urea groups is 1. The van der Waals surface area contributed by atoms with Crippen molar-refractivity contribution in [3.8, 4) is 11.8 Å². The maximum absolute atomic E-state index is 15.2. The van der Waals surface area contributed by atoms with E-state index in [-0.39, 0.29) is 42.7 Å². The van der Waals surface area contributed by atoms with Crippen molar-refractivity contribution in [3.05, 3.63) is 53.6 Å². The molecule has 0 aromatic heterocycles. The lowest BCUT2D eigenvalue weighted by Crippen LogP contribution is -2.56. The number of nitrogens with zero attached hydrogens (tertiary/aromatic N) is 8. The smallest absolute Gasteiger partial charge is 0.320 e. The Morgan fingerprint density at radius 2 is 1.79 bits per heavy atom. The number of carbonyl (C=O) groups excluding carboxylic acids is 1. The third-order valence-electron chi connectivity index (χ3n) is 9.34. The molecule has 0 bridgehead atoms. The average molecular weight is 660 g/mol. The van der Waals surface area contributed by atoms with Gasteiger partial charge >= 0.3 is 6.03 Å². The van der Waals surface area contributed by atoms with Crippen molar-refractivity contribution in [1.29, 1.82) is 5.26 Å². The molecule has 2 amide bonds. The number of aliphatic imine (C=N–C) groups is 3. The Morgan fingerprint density at radius 3 is 2.40 bits per heavy atom. The number of hydrogen-bond donors (Lipinski definition) is 2. The summed E-state index contributed by atoms with van der Waals surface area (Å²) < 4.78 is 26.5. The summed E-state index contributed by atoms with van der Waals surface area (Å²) >= 11 is 0. The standard InChI is InChI=1S/C34H42FN9O4/c1-37-32(40-33(38-2)39-25-4-6-26(7-5-25)41-13-15-42(16-14-41)27-21-47-22-27)23-3-8-30(24(17-23)18-36)48-31-10-12-44(20-29(31)35)34(46)43-11-9-28(45)19-43/h3-8,17,27-29,31,45H,1,9-16,19-22H2,2H3,(H,38,39)/t28-,29+,31-/m0/s1. The first-order chi connectivity index (χ1) is 23.3. The van der Waals surface area contributed by atoms with Crippen molar-refractivity contribution < 1.29 is 23.8 Å². The van der Waals surface area contributed by atoms with Crippen molar-refractivity contribution in [2.45, 2.75) is 37.3 Å². The van der Waals surface area contributed by atoms with E-state index in [4.69, 9.17) is 9.47 Å². The van der Waals surface area contributed by atoms with E-state index < -0.39 is 18.4 Å². The number of piperidine rings is 1. The van der Waals surface area contributed by atoms with E-state index in [0.29, 0.717) is 37.1 Å². The van der Waals surface area contributed by atoms with Crippen LogP contribution in [-0.4, -0.2) is 141 Å². The molecule has 0 saturated carbocycles. The van der Waals surface area contributed by atoms with Crippen LogP contribution in [0.3, 0.4) is 0 Å². The van der Waals surface area contributed by atoms with Gasteiger partial charge in [-0.05, 0) is 55.6 Å². The molecule has 0 unspecified atom stereocenters. The molecule has 13 nitrogen and oxygen atoms in total. The fourth-order valence-corrected chi connectivity index (χ4v) is 6.42. The van der Waals surface area contributed by atoms with Crippen LogP contribution in [0.15, 0.2) is 57.4 Å². The number of halogens is 1. The lowest BCUT2D eigenvalue weighted by Gasteiger charge is -2.43. The van der Waals surface area contributed by atoms with Crippen LogP contribution in [0.1, 0.15) is 24.0 Å². The molecule has 4 fully saturated rings. The zero-order valence-electron chi connectivity index (χ0n) is 27.2. The fourth-order valence-electron chi connectivity index (χ4n) is 6.42. The van der Waals surface area contributed by atoms with E-state index in [2.05, 4.69) is 55.0 Å². The zero-order valence-corrected chi connectivity index (χ0v) is 27.2. The number of nitriles is 1. The molecule has 14 heteroatoms. The number of carbonyl (C=O) groups is 1. The van der Waals surface area contributed by atoms with Gasteiger partial charge in [0.05, 0.1) is 37.5 Å². The number of piperazine rings is 1. The molecule has 6 rings (SSSR count). The van der Waals surface area contributed by atoms with Gasteiger partial charge in [0.1, 0.15) is 17.9 Å². The summed E-state index contributed by atoms with van der Waals surface area (Å²) in [5.74, 6) is 0.797. The maximum atomic E-state index is 15.2. The van der Waals surface area contributed by atoms with Gasteiger partial charge in [-0.1, -0.05) is 0 Å². The Balaban J connectivity index is 1.06. The van der Waals surface area contributed by atoms with E-state index in [1.807, 2.05) is 12.1 Å². The number of aliphatic hydroxyl groups is 1. The van der Waals surface area contributed by atoms with E-state index in [1.165, 1.54) is 4.90 Å². The van der Waals surface area contributed by atoms with Crippen molar-refractivity contribution >= 4 is 35.9 Å². The van der Waals surface area contributed by atoms with Gasteiger partial charge in [0.2, 0.25) is 5.96 Å². The second-order valence-corrected chi connectivity index (χ2v) is 12.4. The summed E-state index contributed by atoms with van der Waals surface area (Å²) in [4.78, 5) is 33.5. The number of ether oxygens (including phenoxy) is 2. The average Bonchev–Trinajstić information content (AvgIpc) is 3.53. The number of benzene rings is 2. The number of β-amino-alcohol motifs (C(OH)–C–C–N with tert-alkyl or cyclic N) is 1. The molecular formula is C34H42FN9O4. The minimum Gasteiger partial charge on any atom is -0.486 e. The minimum atomic E-state index is -1.44. The van der Waals surface area contributed by atoms with Crippen LogP contribution in [0, 0.1) is 11.3 Å². The number of nitrogens with one attached hydrogen (secondary N) is 1. The van der Waals surface area contributed by atoms with E-state index in [9.17, 15) is 15.2 Å². The molecule has 0 spiro atoms. The molecule has 4 aliphatic heterocycles. The van der Waals surface area contributed by atoms with Gasteiger partial charge < -0.3 is 34.6 Å². The van der Waals surface area contributed by atoms with E-state index in [0.717, 1.165) is 50.8 Å². The van der Waals surface area contributed by atoms with Gasteiger partial charge in [-0.2, -0.15) is 10.3 Å². The summed E-state index contributed by atoms with van der Waals surface area (Å²) in [5.41, 5.74) is 2.68. The van der Waals surface area contributed by atoms with Crippen LogP contribution in [0.2, 0.25) is 0 Å². The van der Waals surface area contributed by atoms with E-state index in [1.54, 1.807) is 30.1 Å². The van der Waals surface area contributed by atoms with Crippen molar-refractivity contribution in [1.82, 2.24) is 14.7 Å². The largest absolute Gasteiger partial charge is 0.486 e. The molecule has 4 aliphatic rings. The highest BCUT2D eigenvalue weighted by atomic mass is 19.1. The number of likely N-dealkylation sites (tertiary alicyclic amines) is 2. The van der Waals surface area contributed by atoms with Crippen LogP contribution >= 0.6 is 0 Å². The van der Waals surface area contributed by atoms with Crippen molar-refractivity contribution in [2.75, 3.05) is 82.8 Å². The second kappa shape index (κ2) is 15.1. The first-order valence-corrected chi connectivity index (χ1v) is 16.4. The van der Waals surface area contributed by atoms with Crippen molar-refractivity contribution in [3.63, 3.8) is 0 Å². The van der Waals surface area contributed by atoms with E-state index >= 15 is 4.39 Å².